The van der Waals surface area contributed by atoms with E-state index in [1.54, 1.807) is 18.4 Å². The Hall–Kier alpha value is -2.61. The van der Waals surface area contributed by atoms with Gasteiger partial charge >= 0.3 is 0 Å². The van der Waals surface area contributed by atoms with E-state index in [1.165, 1.54) is 12.1 Å². The van der Waals surface area contributed by atoms with Crippen LogP contribution in [0.4, 0.5) is 4.39 Å². The number of fused-ring (bicyclic) bond motifs is 3. The highest BCUT2D eigenvalue weighted by Crippen LogP contribution is 2.34. The molecule has 1 heterocycles. The summed E-state index contributed by atoms with van der Waals surface area (Å²) >= 11 is 0. The summed E-state index contributed by atoms with van der Waals surface area (Å²) in [6.45, 7) is 0. The molecule has 0 atom stereocenters. The molecule has 0 N–H and O–H groups in total. The largest absolute Gasteiger partial charge is 0.463 e. The smallest absolute Gasteiger partial charge is 0.142 e. The maximum absolute atomic E-state index is 13.0. The van der Waals surface area contributed by atoms with Gasteiger partial charge in [0.2, 0.25) is 0 Å². The van der Waals surface area contributed by atoms with Crippen LogP contribution >= 0.6 is 0 Å². The monoisotopic (exact) mass is 262 g/mol. The molecule has 2 heteroatoms. The van der Waals surface area contributed by atoms with E-state index in [2.05, 4.69) is 24.3 Å². The predicted molar refractivity (Wildman–Crippen MR) is 79.1 cm³/mol. The molecule has 0 radical (unpaired) electrons. The Morgan fingerprint density at radius 3 is 2.40 bits per heavy atom. The Bertz CT molecular complexity index is 904. The zero-order chi connectivity index (χ0) is 13.5. The normalized spacial score (nSPS) is 11.2. The Labute approximate surface area is 115 Å². The molecule has 0 fully saturated rings. The quantitative estimate of drug-likeness (QED) is 0.448. The highest BCUT2D eigenvalue weighted by Gasteiger charge is 2.10. The van der Waals surface area contributed by atoms with Crippen molar-refractivity contribution < 1.29 is 8.81 Å². The van der Waals surface area contributed by atoms with Gasteiger partial charge < -0.3 is 4.42 Å². The maximum atomic E-state index is 13.0. The summed E-state index contributed by atoms with van der Waals surface area (Å²) in [7, 11) is 0. The summed E-state index contributed by atoms with van der Waals surface area (Å²) in [4.78, 5) is 0. The number of benzene rings is 3. The fraction of sp³-hybridized carbons (Fsp3) is 0. The lowest BCUT2D eigenvalue weighted by molar-refractivity contribution is 0.619. The van der Waals surface area contributed by atoms with E-state index in [0.717, 1.165) is 32.9 Å². The molecule has 4 aromatic rings. The molecular formula is C18H11FO. The second-order valence-corrected chi connectivity index (χ2v) is 4.82. The molecule has 0 bridgehead atoms. The van der Waals surface area contributed by atoms with Crippen molar-refractivity contribution in [2.24, 2.45) is 0 Å². The van der Waals surface area contributed by atoms with E-state index in [4.69, 9.17) is 4.42 Å². The molecule has 0 aliphatic rings. The van der Waals surface area contributed by atoms with Crippen LogP contribution in [0.2, 0.25) is 0 Å². The first-order chi connectivity index (χ1) is 9.83. The zero-order valence-corrected chi connectivity index (χ0v) is 10.6. The number of furan rings is 1. The second kappa shape index (κ2) is 4.20. The lowest BCUT2D eigenvalue weighted by atomic mass is 10.0. The Morgan fingerprint density at radius 2 is 1.55 bits per heavy atom. The molecular weight excluding hydrogens is 251 g/mol. The van der Waals surface area contributed by atoms with Gasteiger partial charge in [-0.1, -0.05) is 42.5 Å². The Morgan fingerprint density at radius 1 is 0.750 bits per heavy atom. The molecule has 96 valence electrons. The van der Waals surface area contributed by atoms with Crippen LogP contribution in [0, 0.1) is 5.82 Å². The molecule has 0 aliphatic carbocycles. The Balaban J connectivity index is 2.02. The van der Waals surface area contributed by atoms with E-state index in [1.807, 2.05) is 12.1 Å². The third-order valence-electron chi connectivity index (χ3n) is 3.62. The van der Waals surface area contributed by atoms with Crippen LogP contribution in [0.25, 0.3) is 32.9 Å². The molecule has 0 unspecified atom stereocenters. The summed E-state index contributed by atoms with van der Waals surface area (Å²) < 4.78 is 18.8. The van der Waals surface area contributed by atoms with Gasteiger partial charge in [0, 0.05) is 16.3 Å². The molecule has 0 saturated carbocycles. The standard InChI is InChI=1S/C18H11FO/c19-14-8-5-13(6-9-14)17-11-20-18-15-4-2-1-3-12(15)7-10-16(17)18/h1-11H. The van der Waals surface area contributed by atoms with Crippen molar-refractivity contribution >= 4 is 21.7 Å². The maximum Gasteiger partial charge on any atom is 0.142 e. The van der Waals surface area contributed by atoms with Crippen LogP contribution in [-0.2, 0) is 0 Å². The van der Waals surface area contributed by atoms with E-state index in [9.17, 15) is 4.39 Å². The molecule has 3 aromatic carbocycles. The summed E-state index contributed by atoms with van der Waals surface area (Å²) in [5.41, 5.74) is 2.83. The van der Waals surface area contributed by atoms with Gasteiger partial charge in [-0.05, 0) is 29.1 Å². The van der Waals surface area contributed by atoms with E-state index >= 15 is 0 Å². The molecule has 20 heavy (non-hydrogen) atoms. The highest BCUT2D eigenvalue weighted by molar-refractivity contribution is 6.09. The number of halogens is 1. The van der Waals surface area contributed by atoms with Crippen LogP contribution in [0.5, 0.6) is 0 Å². The molecule has 1 nitrogen and oxygen atoms in total. The number of hydrogen-bond acceptors (Lipinski definition) is 1. The molecule has 0 amide bonds. The molecule has 0 spiro atoms. The van der Waals surface area contributed by atoms with Crippen LogP contribution in [0.1, 0.15) is 0 Å². The van der Waals surface area contributed by atoms with Crippen molar-refractivity contribution in [1.29, 1.82) is 0 Å². The second-order valence-electron chi connectivity index (χ2n) is 4.82. The first-order valence-corrected chi connectivity index (χ1v) is 6.48. The van der Waals surface area contributed by atoms with Crippen LogP contribution in [0.3, 0.4) is 0 Å². The van der Waals surface area contributed by atoms with Crippen molar-refractivity contribution in [2.45, 2.75) is 0 Å². The van der Waals surface area contributed by atoms with Gasteiger partial charge in [-0.3, -0.25) is 0 Å². The van der Waals surface area contributed by atoms with Crippen molar-refractivity contribution in [3.63, 3.8) is 0 Å². The minimum Gasteiger partial charge on any atom is -0.463 e. The average Bonchev–Trinajstić information content (AvgIpc) is 2.92. The van der Waals surface area contributed by atoms with Gasteiger partial charge in [0.15, 0.2) is 0 Å². The number of rotatable bonds is 1. The van der Waals surface area contributed by atoms with Crippen molar-refractivity contribution in [1.82, 2.24) is 0 Å². The lowest BCUT2D eigenvalue weighted by Crippen LogP contribution is -1.78. The van der Waals surface area contributed by atoms with Gasteiger partial charge in [0.25, 0.3) is 0 Å². The first-order valence-electron chi connectivity index (χ1n) is 6.48. The Kier molecular flexibility index (Phi) is 2.36. The first kappa shape index (κ1) is 11.2. The topological polar surface area (TPSA) is 13.1 Å². The van der Waals surface area contributed by atoms with Crippen LogP contribution in [0.15, 0.2) is 71.3 Å². The highest BCUT2D eigenvalue weighted by atomic mass is 19.1. The SMILES string of the molecule is Fc1ccc(-c2coc3c2ccc2ccccc23)cc1. The fourth-order valence-electron chi connectivity index (χ4n) is 2.62. The van der Waals surface area contributed by atoms with Gasteiger partial charge in [0.1, 0.15) is 11.4 Å². The predicted octanol–water partition coefficient (Wildman–Crippen LogP) is 5.39. The van der Waals surface area contributed by atoms with Gasteiger partial charge in [-0.25, -0.2) is 4.39 Å². The third kappa shape index (κ3) is 1.62. The van der Waals surface area contributed by atoms with E-state index in [-0.39, 0.29) is 5.82 Å². The van der Waals surface area contributed by atoms with Crippen molar-refractivity contribution in [3.05, 3.63) is 72.7 Å². The zero-order valence-electron chi connectivity index (χ0n) is 10.6. The molecule has 0 aliphatic heterocycles. The van der Waals surface area contributed by atoms with Gasteiger partial charge in [0.05, 0.1) is 6.26 Å². The van der Waals surface area contributed by atoms with Gasteiger partial charge in [-0.15, -0.1) is 0 Å². The fourth-order valence-corrected chi connectivity index (χ4v) is 2.62. The van der Waals surface area contributed by atoms with Crippen LogP contribution < -0.4 is 0 Å². The third-order valence-corrected chi connectivity index (χ3v) is 3.62. The van der Waals surface area contributed by atoms with Crippen molar-refractivity contribution in [3.8, 4) is 11.1 Å². The molecule has 1 aromatic heterocycles. The minimum absolute atomic E-state index is 0.230. The van der Waals surface area contributed by atoms with Gasteiger partial charge in [-0.2, -0.15) is 0 Å². The average molecular weight is 262 g/mol. The summed E-state index contributed by atoms with van der Waals surface area (Å²) in [5, 5.41) is 3.30. The summed E-state index contributed by atoms with van der Waals surface area (Å²) in [6, 6.07) is 18.7. The number of hydrogen-bond donors (Lipinski definition) is 0. The van der Waals surface area contributed by atoms with E-state index < -0.39 is 0 Å². The molecule has 4 rings (SSSR count). The lowest BCUT2D eigenvalue weighted by Gasteiger charge is -2.00. The summed E-state index contributed by atoms with van der Waals surface area (Å²) in [5.74, 6) is -0.230. The summed E-state index contributed by atoms with van der Waals surface area (Å²) in [6.07, 6.45) is 1.74. The van der Waals surface area contributed by atoms with Crippen molar-refractivity contribution in [2.75, 3.05) is 0 Å². The van der Waals surface area contributed by atoms with E-state index in [0.29, 0.717) is 0 Å². The molecule has 0 saturated heterocycles. The minimum atomic E-state index is -0.230. The van der Waals surface area contributed by atoms with Crippen LogP contribution in [-0.4, -0.2) is 0 Å².